The summed E-state index contributed by atoms with van der Waals surface area (Å²) < 4.78 is 5.21. The van der Waals surface area contributed by atoms with Crippen LogP contribution in [-0.4, -0.2) is 12.1 Å². The van der Waals surface area contributed by atoms with Crippen LogP contribution in [0.5, 0.6) is 5.75 Å². The second-order valence-corrected chi connectivity index (χ2v) is 3.06. The van der Waals surface area contributed by atoms with E-state index in [-0.39, 0.29) is 0 Å². The van der Waals surface area contributed by atoms with Crippen molar-refractivity contribution >= 4 is 10.9 Å². The minimum absolute atomic E-state index is 0.373. The van der Waals surface area contributed by atoms with Gasteiger partial charge < -0.3 is 9.72 Å². The summed E-state index contributed by atoms with van der Waals surface area (Å²) in [6, 6.07) is 8.00. The summed E-state index contributed by atoms with van der Waals surface area (Å²) >= 11 is 0. The molecular weight excluding hydrogens is 176 g/mol. The van der Waals surface area contributed by atoms with E-state index in [1.165, 1.54) is 0 Å². The van der Waals surface area contributed by atoms with E-state index in [0.29, 0.717) is 6.42 Å². The molecule has 0 aliphatic carbocycles. The monoisotopic (exact) mass is 186 g/mol. The molecule has 0 radical (unpaired) electrons. The Labute approximate surface area is 81.9 Å². The minimum atomic E-state index is 0.373. The van der Waals surface area contributed by atoms with Crippen LogP contribution in [0.2, 0.25) is 0 Å². The average Bonchev–Trinajstić information content (AvgIpc) is 2.64. The molecule has 3 nitrogen and oxygen atoms in total. The van der Waals surface area contributed by atoms with E-state index >= 15 is 0 Å². The number of methoxy groups -OCH3 is 1. The smallest absolute Gasteiger partial charge is 0.123 e. The van der Waals surface area contributed by atoms with Gasteiger partial charge in [0.25, 0.3) is 0 Å². The molecule has 0 unspecified atom stereocenters. The number of rotatable bonds is 2. The standard InChI is InChI=1S/C11H10N2O/c1-14-11-7-8-3-5-13-10(8)6-9(11)2-4-12/h3,5-7,13H,2H2,1H3. The lowest BCUT2D eigenvalue weighted by Gasteiger charge is -2.05. The van der Waals surface area contributed by atoms with Crippen LogP contribution in [0, 0.1) is 11.3 Å². The lowest BCUT2D eigenvalue weighted by atomic mass is 10.1. The Balaban J connectivity index is 2.61. The molecule has 70 valence electrons. The second kappa shape index (κ2) is 3.43. The molecule has 1 heterocycles. The molecule has 1 N–H and O–H groups in total. The number of aromatic nitrogens is 1. The Bertz CT molecular complexity index is 493. The van der Waals surface area contributed by atoms with Gasteiger partial charge in [-0.25, -0.2) is 0 Å². The lowest BCUT2D eigenvalue weighted by molar-refractivity contribution is 0.411. The molecule has 3 heteroatoms. The van der Waals surface area contributed by atoms with E-state index in [1.54, 1.807) is 7.11 Å². The van der Waals surface area contributed by atoms with Crippen LogP contribution in [0.1, 0.15) is 5.56 Å². The maximum atomic E-state index is 8.65. The Morgan fingerprint density at radius 3 is 3.07 bits per heavy atom. The van der Waals surface area contributed by atoms with Crippen molar-refractivity contribution in [1.82, 2.24) is 4.98 Å². The van der Waals surface area contributed by atoms with Gasteiger partial charge in [-0.2, -0.15) is 5.26 Å². The lowest BCUT2D eigenvalue weighted by Crippen LogP contribution is -1.90. The highest BCUT2D eigenvalue weighted by Gasteiger charge is 2.05. The predicted octanol–water partition coefficient (Wildman–Crippen LogP) is 2.24. The highest BCUT2D eigenvalue weighted by atomic mass is 16.5. The van der Waals surface area contributed by atoms with E-state index in [4.69, 9.17) is 10.00 Å². The molecule has 0 amide bonds. The van der Waals surface area contributed by atoms with Crippen molar-refractivity contribution in [2.75, 3.05) is 7.11 Å². The van der Waals surface area contributed by atoms with Crippen LogP contribution in [0.3, 0.4) is 0 Å². The molecule has 0 saturated carbocycles. The molecule has 1 aromatic heterocycles. The molecule has 0 atom stereocenters. The van der Waals surface area contributed by atoms with Crippen molar-refractivity contribution in [3.05, 3.63) is 30.0 Å². The van der Waals surface area contributed by atoms with E-state index in [2.05, 4.69) is 11.1 Å². The SMILES string of the molecule is COc1cc2cc[nH]c2cc1CC#N. The first-order valence-electron chi connectivity index (χ1n) is 4.36. The van der Waals surface area contributed by atoms with Gasteiger partial charge in [-0.15, -0.1) is 0 Å². The number of hydrogen-bond donors (Lipinski definition) is 1. The molecule has 2 rings (SSSR count). The third-order valence-electron chi connectivity index (χ3n) is 2.22. The van der Waals surface area contributed by atoms with E-state index in [9.17, 15) is 0 Å². The van der Waals surface area contributed by atoms with Crippen LogP contribution in [0.4, 0.5) is 0 Å². The van der Waals surface area contributed by atoms with Crippen molar-refractivity contribution in [3.8, 4) is 11.8 Å². The molecule has 0 spiro atoms. The number of aromatic amines is 1. The normalized spacial score (nSPS) is 10.0. The van der Waals surface area contributed by atoms with Crippen LogP contribution in [0.15, 0.2) is 24.4 Å². The zero-order valence-corrected chi connectivity index (χ0v) is 7.87. The van der Waals surface area contributed by atoms with Gasteiger partial charge in [-0.05, 0) is 18.2 Å². The summed E-state index contributed by atoms with van der Waals surface area (Å²) in [5.41, 5.74) is 1.96. The van der Waals surface area contributed by atoms with Gasteiger partial charge in [-0.3, -0.25) is 0 Å². The molecule has 0 aliphatic heterocycles. The van der Waals surface area contributed by atoms with Crippen LogP contribution in [-0.2, 0) is 6.42 Å². The van der Waals surface area contributed by atoms with Gasteiger partial charge in [0.15, 0.2) is 0 Å². The first-order valence-corrected chi connectivity index (χ1v) is 4.36. The topological polar surface area (TPSA) is 48.8 Å². The molecule has 1 aromatic carbocycles. The number of nitrogens with one attached hydrogen (secondary N) is 1. The summed E-state index contributed by atoms with van der Waals surface area (Å²) in [6.45, 7) is 0. The fourth-order valence-electron chi connectivity index (χ4n) is 1.54. The quantitative estimate of drug-likeness (QED) is 0.781. The van der Waals surface area contributed by atoms with Crippen LogP contribution in [0.25, 0.3) is 10.9 Å². The van der Waals surface area contributed by atoms with Crippen molar-refractivity contribution in [3.63, 3.8) is 0 Å². The number of benzene rings is 1. The Morgan fingerprint density at radius 1 is 1.50 bits per heavy atom. The first-order chi connectivity index (χ1) is 6.85. The number of nitriles is 1. The number of ether oxygens (including phenoxy) is 1. The maximum Gasteiger partial charge on any atom is 0.123 e. The Morgan fingerprint density at radius 2 is 2.36 bits per heavy atom. The molecular formula is C11H10N2O. The third-order valence-corrected chi connectivity index (χ3v) is 2.22. The molecule has 0 aliphatic rings. The van der Waals surface area contributed by atoms with Gasteiger partial charge in [0, 0.05) is 22.7 Å². The zero-order valence-electron chi connectivity index (χ0n) is 7.87. The van der Waals surface area contributed by atoms with Gasteiger partial charge in [0.2, 0.25) is 0 Å². The molecule has 0 saturated heterocycles. The summed E-state index contributed by atoms with van der Waals surface area (Å²) in [5.74, 6) is 0.777. The van der Waals surface area contributed by atoms with Crippen molar-refractivity contribution in [2.24, 2.45) is 0 Å². The fourth-order valence-corrected chi connectivity index (χ4v) is 1.54. The summed E-state index contributed by atoms with van der Waals surface area (Å²) in [4.78, 5) is 3.10. The Kier molecular flexibility index (Phi) is 2.11. The number of fused-ring (bicyclic) bond motifs is 1. The summed E-state index contributed by atoms with van der Waals surface area (Å²) in [7, 11) is 1.62. The largest absolute Gasteiger partial charge is 0.496 e. The zero-order chi connectivity index (χ0) is 9.97. The minimum Gasteiger partial charge on any atom is -0.496 e. The van der Waals surface area contributed by atoms with Gasteiger partial charge in [0.05, 0.1) is 19.6 Å². The third kappa shape index (κ3) is 1.31. The second-order valence-electron chi connectivity index (χ2n) is 3.06. The van der Waals surface area contributed by atoms with E-state index < -0.39 is 0 Å². The van der Waals surface area contributed by atoms with Crippen molar-refractivity contribution in [2.45, 2.75) is 6.42 Å². The number of H-pyrrole nitrogens is 1. The average molecular weight is 186 g/mol. The highest BCUT2D eigenvalue weighted by Crippen LogP contribution is 2.25. The summed E-state index contributed by atoms with van der Waals surface area (Å²) in [6.07, 6.45) is 2.25. The van der Waals surface area contributed by atoms with E-state index in [1.807, 2.05) is 24.4 Å². The van der Waals surface area contributed by atoms with Gasteiger partial charge in [0.1, 0.15) is 5.75 Å². The van der Waals surface area contributed by atoms with Gasteiger partial charge in [-0.1, -0.05) is 0 Å². The van der Waals surface area contributed by atoms with Gasteiger partial charge >= 0.3 is 0 Å². The van der Waals surface area contributed by atoms with E-state index in [0.717, 1.165) is 22.2 Å². The number of nitrogens with zero attached hydrogens (tertiary/aromatic N) is 1. The number of hydrogen-bond acceptors (Lipinski definition) is 2. The summed E-state index contributed by atoms with van der Waals surface area (Å²) in [5, 5.41) is 9.75. The molecule has 0 fully saturated rings. The molecule has 2 aromatic rings. The van der Waals surface area contributed by atoms with Crippen LogP contribution >= 0.6 is 0 Å². The van der Waals surface area contributed by atoms with Crippen molar-refractivity contribution in [1.29, 1.82) is 5.26 Å². The first kappa shape index (κ1) is 8.64. The van der Waals surface area contributed by atoms with Crippen molar-refractivity contribution < 1.29 is 4.74 Å². The molecule has 0 bridgehead atoms. The maximum absolute atomic E-state index is 8.65. The predicted molar refractivity (Wildman–Crippen MR) is 54.2 cm³/mol. The van der Waals surface area contributed by atoms with Crippen LogP contribution < -0.4 is 4.74 Å². The fraction of sp³-hybridized carbons (Fsp3) is 0.182. The highest BCUT2D eigenvalue weighted by molar-refractivity contribution is 5.82. The molecule has 14 heavy (non-hydrogen) atoms. The Hall–Kier alpha value is -1.95.